The zero-order valence-corrected chi connectivity index (χ0v) is 37.0. The minimum absolute atomic E-state index is 0.0692. The van der Waals surface area contributed by atoms with Crippen LogP contribution < -0.4 is 14.4 Å². The number of fused-ring (bicyclic) bond motifs is 1. The van der Waals surface area contributed by atoms with Crippen molar-refractivity contribution in [2.24, 2.45) is 0 Å². The number of ether oxygens (including phenoxy) is 3. The molecule has 2 aromatic heterocycles. The average Bonchev–Trinajstić information content (AvgIpc) is 3.39. The maximum atomic E-state index is 15.7. The first-order chi connectivity index (χ1) is 25.1. The third kappa shape index (κ3) is 12.4. The second-order valence-electron chi connectivity index (χ2n) is 15.5. The van der Waals surface area contributed by atoms with E-state index in [9.17, 15) is 21.6 Å². The monoisotopic (exact) mass is 923 g/mol. The summed E-state index contributed by atoms with van der Waals surface area (Å²) in [6.07, 6.45) is -5.99. The summed E-state index contributed by atoms with van der Waals surface area (Å²) >= 11 is 2.07. The summed E-state index contributed by atoms with van der Waals surface area (Å²) in [6, 6.07) is 12.4. The van der Waals surface area contributed by atoms with Crippen LogP contribution in [0.2, 0.25) is 51.4 Å². The highest BCUT2D eigenvalue weighted by molar-refractivity contribution is 14.1. The molecule has 0 aliphatic carbocycles. The number of sulfonamides is 1. The van der Waals surface area contributed by atoms with Gasteiger partial charge < -0.3 is 19.5 Å². The summed E-state index contributed by atoms with van der Waals surface area (Å²) in [6.45, 7) is 15.6. The van der Waals surface area contributed by atoms with Crippen molar-refractivity contribution in [3.8, 4) is 17.0 Å². The highest BCUT2D eigenvalue weighted by Gasteiger charge is 2.31. The molecule has 298 valence electrons. The quantitative estimate of drug-likeness (QED) is 0.0326. The third-order valence-corrected chi connectivity index (χ3v) is 14.5. The molecule has 0 bridgehead atoms. The van der Waals surface area contributed by atoms with Gasteiger partial charge in [0.25, 0.3) is 0 Å². The zero-order valence-electron chi connectivity index (χ0n) is 32.0. The lowest BCUT2D eigenvalue weighted by molar-refractivity contribution is -0.127. The zero-order chi connectivity index (χ0) is 40.1. The normalized spacial score (nSPS) is 12.8. The van der Waals surface area contributed by atoms with Crippen molar-refractivity contribution in [2.45, 2.75) is 84.2 Å². The molecule has 0 unspecified atom stereocenters. The number of aromatic nitrogens is 3. The fourth-order valence-electron chi connectivity index (χ4n) is 5.38. The van der Waals surface area contributed by atoms with Gasteiger partial charge in [0, 0.05) is 48.5 Å². The van der Waals surface area contributed by atoms with Gasteiger partial charge in [0.05, 0.1) is 34.5 Å². The van der Waals surface area contributed by atoms with E-state index in [1.54, 1.807) is 41.9 Å². The molecule has 1 N–H and O–H groups in total. The molecule has 0 spiro atoms. The number of hydrogen-bond acceptors (Lipinski definition) is 8. The van der Waals surface area contributed by atoms with Crippen molar-refractivity contribution in [2.75, 3.05) is 42.4 Å². The lowest BCUT2D eigenvalue weighted by Crippen LogP contribution is -2.29. The van der Waals surface area contributed by atoms with Gasteiger partial charge in [0.2, 0.25) is 10.0 Å². The Bertz CT molecular complexity index is 2020. The van der Waals surface area contributed by atoms with E-state index in [0.717, 1.165) is 24.2 Å². The molecule has 54 heavy (non-hydrogen) atoms. The Morgan fingerprint density at radius 1 is 0.963 bits per heavy atom. The predicted octanol–water partition coefficient (Wildman–Crippen LogP) is 9.35. The number of hydrogen-bond donors (Lipinski definition) is 1. The van der Waals surface area contributed by atoms with Crippen LogP contribution in [0.5, 0.6) is 5.75 Å². The highest BCUT2D eigenvalue weighted by Crippen LogP contribution is 2.37. The van der Waals surface area contributed by atoms with E-state index in [2.05, 4.69) is 72.3 Å². The van der Waals surface area contributed by atoms with Crippen LogP contribution in [0.3, 0.4) is 0 Å². The summed E-state index contributed by atoms with van der Waals surface area (Å²) in [5.41, 5.74) is 1.36. The second-order valence-corrected chi connectivity index (χ2v) is 30.0. The summed E-state index contributed by atoms with van der Waals surface area (Å²) in [7, 11) is -4.89. The van der Waals surface area contributed by atoms with Crippen LogP contribution >= 0.6 is 22.6 Å². The Balaban J connectivity index is 1.80. The van der Waals surface area contributed by atoms with Crippen LogP contribution in [0, 0.1) is 9.52 Å². The molecule has 0 aliphatic heterocycles. The number of pyridine rings is 1. The van der Waals surface area contributed by atoms with Crippen LogP contribution in [0.25, 0.3) is 22.2 Å². The number of para-hydroxylation sites is 1. The van der Waals surface area contributed by atoms with E-state index in [1.165, 1.54) is 11.4 Å². The summed E-state index contributed by atoms with van der Waals surface area (Å²) < 4.78 is 104. The molecule has 0 radical (unpaired) electrons. The van der Waals surface area contributed by atoms with Gasteiger partial charge in [-0.25, -0.2) is 22.5 Å². The topological polar surface area (TPSA) is 108 Å². The molecular formula is C36H50F4IN5O5SSi2. The molecule has 0 atom stereocenters. The molecule has 2 aromatic carbocycles. The Morgan fingerprint density at radius 3 is 2.24 bits per heavy atom. The molecule has 0 aliphatic rings. The van der Waals surface area contributed by atoms with Crippen LogP contribution in [-0.4, -0.2) is 78.3 Å². The van der Waals surface area contributed by atoms with Crippen LogP contribution in [0.15, 0.2) is 42.5 Å². The average molecular weight is 924 g/mol. The van der Waals surface area contributed by atoms with E-state index in [4.69, 9.17) is 19.2 Å². The maximum Gasteiger partial charge on any atom is 0.393 e. The Labute approximate surface area is 331 Å². The van der Waals surface area contributed by atoms with Crippen molar-refractivity contribution in [1.29, 1.82) is 0 Å². The van der Waals surface area contributed by atoms with Crippen LogP contribution in [-0.2, 0) is 39.2 Å². The highest BCUT2D eigenvalue weighted by atomic mass is 127. The van der Waals surface area contributed by atoms with Crippen molar-refractivity contribution in [1.82, 2.24) is 14.8 Å². The van der Waals surface area contributed by atoms with E-state index in [0.29, 0.717) is 39.1 Å². The van der Waals surface area contributed by atoms with Gasteiger partial charge in [-0.15, -0.1) is 0 Å². The second kappa shape index (κ2) is 18.0. The summed E-state index contributed by atoms with van der Waals surface area (Å²) in [5.74, 6) is -1.05. The predicted molar refractivity (Wildman–Crippen MR) is 221 cm³/mol. The number of nitrogens with zero attached hydrogens (tertiary/aromatic N) is 4. The number of nitrogens with one attached hydrogen (secondary N) is 1. The minimum Gasteiger partial charge on any atom is -0.464 e. The van der Waals surface area contributed by atoms with E-state index in [-0.39, 0.29) is 54.2 Å². The molecule has 10 nitrogen and oxygen atoms in total. The van der Waals surface area contributed by atoms with Crippen molar-refractivity contribution >= 4 is 71.2 Å². The minimum atomic E-state index is -4.63. The first-order valence-electron chi connectivity index (χ1n) is 17.6. The Kier molecular flexibility index (Phi) is 14.6. The summed E-state index contributed by atoms with van der Waals surface area (Å²) in [5, 5.41) is 8.54. The van der Waals surface area contributed by atoms with Crippen LogP contribution in [0.1, 0.15) is 18.1 Å². The Morgan fingerprint density at radius 2 is 1.61 bits per heavy atom. The summed E-state index contributed by atoms with van der Waals surface area (Å²) in [4.78, 5) is 4.77. The molecule has 2 heterocycles. The van der Waals surface area contributed by atoms with Gasteiger partial charge in [0.15, 0.2) is 18.4 Å². The SMILES string of the molecule is CCS(=O)(=O)N(C)c1ccccc1CNc1nc(-c2cc(F)c(OCOCC[Si](C)(C)C)cc2CC(F)(F)F)cc2c1c(I)nn2COCC[Si](C)(C)C. The van der Waals surface area contributed by atoms with Crippen molar-refractivity contribution in [3.63, 3.8) is 0 Å². The standard InChI is InChI=1S/C36H50F4IN5O5SSi2/c1-9-52(47,48)45(2)30-13-11-10-12-25(30)22-42-35-33-31(46(44-34(33)41)23-49-14-16-53(3,4)5)20-29(43-35)27-19-28(37)32(18-26(27)21-36(38,39)40)51-24-50-15-17-54(6,7)8/h10-13,18-20H,9,14-17,21-24H2,1-8H3,(H,42,43). The van der Waals surface area contributed by atoms with Gasteiger partial charge >= 0.3 is 6.18 Å². The fraction of sp³-hybridized carbons (Fsp3) is 0.500. The van der Waals surface area contributed by atoms with Crippen LogP contribution in [0.4, 0.5) is 29.1 Å². The van der Waals surface area contributed by atoms with E-state index in [1.807, 2.05) is 0 Å². The molecular weight excluding hydrogens is 874 g/mol. The smallest absolute Gasteiger partial charge is 0.393 e. The Hall–Kier alpha value is -2.79. The number of rotatable bonds is 19. The first-order valence-corrected chi connectivity index (χ1v) is 27.7. The van der Waals surface area contributed by atoms with Gasteiger partial charge in [-0.3, -0.25) is 4.31 Å². The molecule has 4 rings (SSSR count). The van der Waals surface area contributed by atoms with Crippen molar-refractivity contribution < 1.29 is 40.2 Å². The number of halogens is 5. The third-order valence-electron chi connectivity index (χ3n) is 8.58. The first kappa shape index (κ1) is 43.9. The van der Waals surface area contributed by atoms with Gasteiger partial charge in [-0.2, -0.15) is 18.3 Å². The number of benzene rings is 2. The number of anilines is 2. The molecule has 18 heteroatoms. The number of alkyl halides is 3. The van der Waals surface area contributed by atoms with Gasteiger partial charge in [0.1, 0.15) is 16.2 Å². The largest absolute Gasteiger partial charge is 0.464 e. The lowest BCUT2D eigenvalue weighted by Gasteiger charge is -2.22. The van der Waals surface area contributed by atoms with Gasteiger partial charge in [-0.05, 0) is 77.0 Å². The molecule has 0 fully saturated rings. The van der Waals surface area contributed by atoms with E-state index >= 15 is 4.39 Å². The lowest BCUT2D eigenvalue weighted by atomic mass is 9.99. The maximum absolute atomic E-state index is 15.7. The fourth-order valence-corrected chi connectivity index (χ4v) is 8.55. The molecule has 0 amide bonds. The van der Waals surface area contributed by atoms with Crippen molar-refractivity contribution in [3.05, 3.63) is 63.1 Å². The molecule has 0 saturated carbocycles. The van der Waals surface area contributed by atoms with Gasteiger partial charge in [-0.1, -0.05) is 57.5 Å². The molecule has 4 aromatic rings. The molecule has 0 saturated heterocycles. The van der Waals surface area contributed by atoms with E-state index < -0.39 is 44.6 Å².